The molecule has 57 heavy (non-hydrogen) atoms. The van der Waals surface area contributed by atoms with E-state index in [9.17, 15) is 84.5 Å². The molecular formula is C34H41F17O5Si. The number of carbonyl (C=O) groups excluding carboxylic acids is 1. The smallest absolute Gasteiger partial charge is 0.460 e. The first-order valence-electron chi connectivity index (χ1n) is 16.8. The lowest BCUT2D eigenvalue weighted by molar-refractivity contribution is -0.461. The van der Waals surface area contributed by atoms with Gasteiger partial charge in [0.1, 0.15) is 19.0 Å². The van der Waals surface area contributed by atoms with E-state index in [0.717, 1.165) is 0 Å². The molecular weight excluding hydrogens is 839 g/mol. The van der Waals surface area contributed by atoms with Crippen LogP contribution in [0.25, 0.3) is 0 Å². The first-order chi connectivity index (χ1) is 25.6. The summed E-state index contributed by atoms with van der Waals surface area (Å²) in [7, 11) is -3.95. The molecule has 1 rings (SSSR count). The summed E-state index contributed by atoms with van der Waals surface area (Å²) in [6, 6.07) is 4.46. The summed E-state index contributed by atoms with van der Waals surface area (Å²) < 4.78 is 250. The summed E-state index contributed by atoms with van der Waals surface area (Å²) in [5, 5.41) is 10.6. The number of halogens is 17. The molecule has 0 amide bonds. The number of ether oxygens (including phenoxy) is 2. The number of benzene rings is 1. The van der Waals surface area contributed by atoms with Crippen LogP contribution in [0.3, 0.4) is 0 Å². The van der Waals surface area contributed by atoms with Gasteiger partial charge in [0.15, 0.2) is 8.32 Å². The molecule has 0 heterocycles. The monoisotopic (exact) mass is 880 g/mol. The molecule has 1 aromatic carbocycles. The maximum absolute atomic E-state index is 14.9. The molecule has 0 radical (unpaired) electrons. The van der Waals surface area contributed by atoms with E-state index in [2.05, 4.69) is 6.58 Å². The molecule has 0 spiro atoms. The second kappa shape index (κ2) is 18.5. The van der Waals surface area contributed by atoms with Crippen molar-refractivity contribution >= 4 is 14.3 Å². The van der Waals surface area contributed by atoms with Crippen LogP contribution >= 0.6 is 0 Å². The Balaban J connectivity index is 3.15. The zero-order chi connectivity index (χ0) is 44.9. The summed E-state index contributed by atoms with van der Waals surface area (Å²) in [6.07, 6.45) is -7.04. The van der Waals surface area contributed by atoms with Gasteiger partial charge in [0, 0.05) is 12.5 Å². The zero-order valence-electron chi connectivity index (χ0n) is 30.8. The fourth-order valence-electron chi connectivity index (χ4n) is 5.53. The van der Waals surface area contributed by atoms with E-state index in [4.69, 9.17) is 13.9 Å². The van der Waals surface area contributed by atoms with Crippen LogP contribution in [-0.2, 0) is 14.0 Å². The van der Waals surface area contributed by atoms with E-state index < -0.39 is 98.2 Å². The minimum atomic E-state index is -8.68. The Morgan fingerprint density at radius 2 is 1.18 bits per heavy atom. The SMILES string of the molecule is C=CCOC(=O)/C=C/C[C@H](C)[C@@H](O)c1ccc(OCCO[Si](CCC(F)(F)C(F)(F)C(F)(F)C(F)(F)C(F)(F)C(F)(F)C(F)(F)C(F)(F)F)(C(C)C)C(C)C)cc1. The molecule has 0 saturated carbocycles. The predicted octanol–water partition coefficient (Wildman–Crippen LogP) is 11.6. The molecule has 0 fully saturated rings. The number of alkyl halides is 17. The van der Waals surface area contributed by atoms with E-state index in [1.807, 2.05) is 0 Å². The third kappa shape index (κ3) is 10.4. The summed E-state index contributed by atoms with van der Waals surface area (Å²) in [4.78, 5) is 11.5. The number of carbonyl (C=O) groups is 1. The first-order valence-corrected chi connectivity index (χ1v) is 19.0. The van der Waals surface area contributed by atoms with Crippen LogP contribution in [0.4, 0.5) is 74.6 Å². The van der Waals surface area contributed by atoms with Crippen LogP contribution in [0.2, 0.25) is 17.1 Å². The standard InChI is InChI=1S/C34H41F17O5Si/c1-7-16-55-25(52)10-8-9-22(6)26(53)23-11-13-24(14-12-23)54-17-18-56-57(20(2)3,21(4)5)19-15-27(35,36)28(37,38)29(39,40)30(41,42)31(43,44)32(45,46)33(47,48)34(49,50)51/h7-8,10-14,20-22,26,53H,1,9,15-19H2,2-6H3/b10-8+/t22-,26+/m0/s1. The largest absolute Gasteiger partial charge is 0.491 e. The third-order valence-corrected chi connectivity index (χ3v) is 14.8. The Morgan fingerprint density at radius 3 is 1.61 bits per heavy atom. The fourth-order valence-corrected chi connectivity index (χ4v) is 10.0. The second-order valence-electron chi connectivity index (χ2n) is 13.7. The van der Waals surface area contributed by atoms with E-state index in [0.29, 0.717) is 5.56 Å². The van der Waals surface area contributed by atoms with Crippen molar-refractivity contribution in [2.45, 2.75) is 118 Å². The molecule has 0 bridgehead atoms. The van der Waals surface area contributed by atoms with Crippen molar-refractivity contribution in [3.05, 3.63) is 54.6 Å². The van der Waals surface area contributed by atoms with Crippen LogP contribution in [0, 0.1) is 5.92 Å². The number of esters is 1. The molecule has 0 aliphatic heterocycles. The van der Waals surface area contributed by atoms with Crippen LogP contribution < -0.4 is 4.74 Å². The van der Waals surface area contributed by atoms with Gasteiger partial charge in [0.25, 0.3) is 0 Å². The highest BCUT2D eigenvalue weighted by molar-refractivity contribution is 6.76. The van der Waals surface area contributed by atoms with Gasteiger partial charge in [-0.2, -0.15) is 74.6 Å². The maximum atomic E-state index is 14.9. The van der Waals surface area contributed by atoms with Crippen molar-refractivity contribution in [2.24, 2.45) is 5.92 Å². The lowest BCUT2D eigenvalue weighted by Gasteiger charge is -2.44. The van der Waals surface area contributed by atoms with Gasteiger partial charge < -0.3 is 19.0 Å². The highest BCUT2D eigenvalue weighted by Crippen LogP contribution is 2.64. The summed E-state index contributed by atoms with van der Waals surface area (Å²) >= 11 is 0. The molecule has 1 aromatic rings. The van der Waals surface area contributed by atoms with Gasteiger partial charge in [0.2, 0.25) is 0 Å². The lowest BCUT2D eigenvalue weighted by atomic mass is 9.88. The van der Waals surface area contributed by atoms with Crippen molar-refractivity contribution in [1.29, 1.82) is 0 Å². The lowest BCUT2D eigenvalue weighted by Crippen LogP contribution is -2.74. The maximum Gasteiger partial charge on any atom is 0.460 e. The molecule has 330 valence electrons. The number of aliphatic hydroxyl groups is 1. The predicted molar refractivity (Wildman–Crippen MR) is 173 cm³/mol. The van der Waals surface area contributed by atoms with Crippen molar-refractivity contribution < 1.29 is 98.4 Å². The molecule has 2 atom stereocenters. The number of hydrogen-bond acceptors (Lipinski definition) is 5. The average Bonchev–Trinajstić information content (AvgIpc) is 3.08. The van der Waals surface area contributed by atoms with Crippen LogP contribution in [0.1, 0.15) is 59.1 Å². The minimum Gasteiger partial charge on any atom is -0.491 e. The number of rotatable bonds is 23. The number of allylic oxidation sites excluding steroid dienone is 1. The Kier molecular flexibility index (Phi) is 16.8. The molecule has 0 unspecified atom stereocenters. The van der Waals surface area contributed by atoms with Crippen molar-refractivity contribution in [3.63, 3.8) is 0 Å². The molecule has 5 nitrogen and oxygen atoms in total. The van der Waals surface area contributed by atoms with Crippen molar-refractivity contribution in [3.8, 4) is 5.75 Å². The van der Waals surface area contributed by atoms with Gasteiger partial charge in [-0.05, 0) is 47.2 Å². The van der Waals surface area contributed by atoms with Crippen molar-refractivity contribution in [2.75, 3.05) is 19.8 Å². The Hall–Kier alpha value is -3.08. The minimum absolute atomic E-state index is 0.0121. The molecule has 0 aromatic heterocycles. The fraction of sp³-hybridized carbons (Fsp3) is 0.676. The van der Waals surface area contributed by atoms with E-state index in [1.165, 1.54) is 70.2 Å². The van der Waals surface area contributed by atoms with Crippen LogP contribution in [0.15, 0.2) is 49.1 Å². The quantitative estimate of drug-likeness (QED) is 0.0296. The summed E-state index contributed by atoms with van der Waals surface area (Å²) in [5.41, 5.74) is -1.28. The van der Waals surface area contributed by atoms with E-state index >= 15 is 0 Å². The first kappa shape index (κ1) is 51.9. The highest BCUT2D eigenvalue weighted by Gasteiger charge is 2.95. The summed E-state index contributed by atoms with van der Waals surface area (Å²) in [5.74, 6) is -57.5. The van der Waals surface area contributed by atoms with Crippen LogP contribution in [-0.4, -0.2) is 86.8 Å². The second-order valence-corrected chi connectivity index (χ2v) is 18.7. The van der Waals surface area contributed by atoms with Gasteiger partial charge >= 0.3 is 53.6 Å². The van der Waals surface area contributed by atoms with Gasteiger partial charge in [0.05, 0.1) is 12.7 Å². The van der Waals surface area contributed by atoms with Gasteiger partial charge in [-0.25, -0.2) is 4.79 Å². The van der Waals surface area contributed by atoms with Gasteiger partial charge in [-0.15, -0.1) is 0 Å². The van der Waals surface area contributed by atoms with E-state index in [1.54, 1.807) is 6.92 Å². The van der Waals surface area contributed by atoms with Gasteiger partial charge in [-0.1, -0.05) is 65.5 Å². The molecule has 0 aliphatic rings. The van der Waals surface area contributed by atoms with Crippen LogP contribution in [0.5, 0.6) is 5.75 Å². The molecule has 0 aliphatic carbocycles. The van der Waals surface area contributed by atoms with Crippen molar-refractivity contribution in [1.82, 2.24) is 0 Å². The topological polar surface area (TPSA) is 65.0 Å². The number of hydrogen-bond donors (Lipinski definition) is 1. The Bertz CT molecular complexity index is 1490. The average molecular weight is 881 g/mol. The Morgan fingerprint density at radius 1 is 0.719 bits per heavy atom. The van der Waals surface area contributed by atoms with E-state index in [-0.39, 0.29) is 31.3 Å². The summed E-state index contributed by atoms with van der Waals surface area (Å²) in [6.45, 7) is 9.54. The third-order valence-electron chi connectivity index (χ3n) is 9.16. The Labute approximate surface area is 317 Å². The molecule has 0 saturated heterocycles. The normalized spacial score (nSPS) is 15.7. The molecule has 23 heteroatoms. The highest BCUT2D eigenvalue weighted by atomic mass is 28.4. The van der Waals surface area contributed by atoms with Gasteiger partial charge in [-0.3, -0.25) is 0 Å². The number of aliphatic hydroxyl groups excluding tert-OH is 1. The zero-order valence-corrected chi connectivity index (χ0v) is 31.8. The molecule has 1 N–H and O–H groups in total.